The predicted octanol–water partition coefficient (Wildman–Crippen LogP) is 2.86. The van der Waals surface area contributed by atoms with E-state index in [9.17, 15) is 0 Å². The van der Waals surface area contributed by atoms with Gasteiger partial charge in [-0.3, -0.25) is 4.98 Å². The van der Waals surface area contributed by atoms with Crippen LogP contribution >= 0.6 is 0 Å². The molecule has 0 fully saturated rings. The summed E-state index contributed by atoms with van der Waals surface area (Å²) in [5.74, 6) is 0.781. The second-order valence-electron chi connectivity index (χ2n) is 4.45. The van der Waals surface area contributed by atoms with Gasteiger partial charge in [-0.05, 0) is 32.4 Å². The van der Waals surface area contributed by atoms with Crippen molar-refractivity contribution in [2.45, 2.75) is 26.8 Å². The van der Waals surface area contributed by atoms with Crippen molar-refractivity contribution in [3.63, 3.8) is 0 Å². The summed E-state index contributed by atoms with van der Waals surface area (Å²) in [6, 6.07) is 7.96. The van der Waals surface area contributed by atoms with Crippen LogP contribution in [-0.2, 0) is 0 Å². The zero-order valence-electron chi connectivity index (χ0n) is 10.9. The van der Waals surface area contributed by atoms with Crippen molar-refractivity contribution in [3.05, 3.63) is 47.4 Å². The maximum absolute atomic E-state index is 5.96. The smallest absolute Gasteiger partial charge is 0.152 e. The number of nitrogens with zero attached hydrogens (tertiary/aromatic N) is 2. The first-order chi connectivity index (χ1) is 8.58. The minimum Gasteiger partial charge on any atom is -0.338 e. The summed E-state index contributed by atoms with van der Waals surface area (Å²) < 4.78 is 0. The van der Waals surface area contributed by atoms with Gasteiger partial charge in [-0.1, -0.05) is 18.2 Å². The van der Waals surface area contributed by atoms with E-state index in [1.54, 1.807) is 6.20 Å². The Hall–Kier alpha value is -1.94. The molecule has 0 aliphatic carbocycles. The van der Waals surface area contributed by atoms with E-state index in [-0.39, 0.29) is 6.04 Å². The molecule has 0 bridgehead atoms. The highest BCUT2D eigenvalue weighted by Crippen LogP contribution is 2.24. The second kappa shape index (κ2) is 5.14. The molecule has 1 unspecified atom stereocenters. The Kier molecular flexibility index (Phi) is 3.58. The number of aryl methyl sites for hydroxylation is 2. The highest BCUT2D eigenvalue weighted by molar-refractivity contribution is 5.62. The average Bonchev–Trinajstić information content (AvgIpc) is 2.34. The third kappa shape index (κ3) is 2.65. The largest absolute Gasteiger partial charge is 0.338 e. The third-order valence-corrected chi connectivity index (χ3v) is 2.78. The number of nitrogens with one attached hydrogen (secondary N) is 1. The Bertz CT molecular complexity index is 549. The lowest BCUT2D eigenvalue weighted by molar-refractivity contribution is 0.820. The second-order valence-corrected chi connectivity index (χ2v) is 4.45. The summed E-state index contributed by atoms with van der Waals surface area (Å²) in [5, 5.41) is 3.31. The van der Waals surface area contributed by atoms with E-state index in [0.29, 0.717) is 0 Å². The molecule has 4 heteroatoms. The normalized spacial score (nSPS) is 12.2. The first kappa shape index (κ1) is 12.5. The van der Waals surface area contributed by atoms with Crippen molar-refractivity contribution >= 4 is 11.5 Å². The molecule has 1 aromatic heterocycles. The van der Waals surface area contributed by atoms with Crippen molar-refractivity contribution in [2.24, 2.45) is 5.73 Å². The molecule has 0 saturated carbocycles. The number of nitrogens with two attached hydrogens (primary N) is 1. The van der Waals surface area contributed by atoms with Crippen LogP contribution < -0.4 is 11.1 Å². The van der Waals surface area contributed by atoms with Crippen LogP contribution in [0.5, 0.6) is 0 Å². The fourth-order valence-electron chi connectivity index (χ4n) is 1.79. The van der Waals surface area contributed by atoms with Crippen LogP contribution in [0.1, 0.15) is 29.9 Å². The summed E-state index contributed by atoms with van der Waals surface area (Å²) in [4.78, 5) is 8.75. The maximum Gasteiger partial charge on any atom is 0.152 e. The van der Waals surface area contributed by atoms with Gasteiger partial charge in [0.15, 0.2) is 5.82 Å². The van der Waals surface area contributed by atoms with E-state index < -0.39 is 0 Å². The van der Waals surface area contributed by atoms with Crippen molar-refractivity contribution in [1.82, 2.24) is 9.97 Å². The van der Waals surface area contributed by atoms with Gasteiger partial charge in [-0.2, -0.15) is 0 Å². The molecule has 3 N–H and O–H groups in total. The Balaban J connectivity index is 2.37. The van der Waals surface area contributed by atoms with E-state index in [2.05, 4.69) is 15.3 Å². The zero-order valence-corrected chi connectivity index (χ0v) is 10.9. The van der Waals surface area contributed by atoms with E-state index >= 15 is 0 Å². The third-order valence-electron chi connectivity index (χ3n) is 2.78. The lowest BCUT2D eigenvalue weighted by atomic mass is 10.1. The van der Waals surface area contributed by atoms with Crippen molar-refractivity contribution in [1.29, 1.82) is 0 Å². The SMILES string of the molecule is Cc1cnc(C)c(Nc2ccccc2C(C)N)n1. The number of hydrogen-bond acceptors (Lipinski definition) is 4. The van der Waals surface area contributed by atoms with Gasteiger partial charge in [0.25, 0.3) is 0 Å². The Morgan fingerprint density at radius 3 is 2.67 bits per heavy atom. The molecular formula is C14H18N4. The quantitative estimate of drug-likeness (QED) is 0.868. The standard InChI is InChI=1S/C14H18N4/c1-9-8-16-11(3)14(17-9)18-13-7-5-4-6-12(13)10(2)15/h4-8,10H,15H2,1-3H3,(H,17,18). The highest BCUT2D eigenvalue weighted by atomic mass is 15.0. The van der Waals surface area contributed by atoms with Crippen molar-refractivity contribution < 1.29 is 0 Å². The first-order valence-corrected chi connectivity index (χ1v) is 5.99. The molecule has 94 valence electrons. The van der Waals surface area contributed by atoms with Gasteiger partial charge in [0.05, 0.1) is 11.4 Å². The van der Waals surface area contributed by atoms with Crippen LogP contribution in [0.25, 0.3) is 0 Å². The molecule has 4 nitrogen and oxygen atoms in total. The van der Waals surface area contributed by atoms with E-state index in [1.165, 1.54) is 0 Å². The Morgan fingerprint density at radius 2 is 1.94 bits per heavy atom. The molecule has 18 heavy (non-hydrogen) atoms. The van der Waals surface area contributed by atoms with E-state index in [1.807, 2.05) is 45.0 Å². The molecule has 1 atom stereocenters. The van der Waals surface area contributed by atoms with Crippen molar-refractivity contribution in [3.8, 4) is 0 Å². The maximum atomic E-state index is 5.96. The molecule has 2 aromatic rings. The number of hydrogen-bond donors (Lipinski definition) is 2. The number of benzene rings is 1. The lowest BCUT2D eigenvalue weighted by Gasteiger charge is -2.15. The number of aromatic nitrogens is 2. The molecule has 2 rings (SSSR count). The van der Waals surface area contributed by atoms with E-state index in [4.69, 9.17) is 5.73 Å². The van der Waals surface area contributed by atoms with Gasteiger partial charge in [-0.15, -0.1) is 0 Å². The molecule has 0 amide bonds. The summed E-state index contributed by atoms with van der Waals surface area (Å²) in [6.07, 6.45) is 1.76. The molecule has 0 aliphatic heterocycles. The Labute approximate surface area is 107 Å². The molecule has 0 aliphatic rings. The topological polar surface area (TPSA) is 63.8 Å². The lowest BCUT2D eigenvalue weighted by Crippen LogP contribution is -2.09. The highest BCUT2D eigenvalue weighted by Gasteiger charge is 2.08. The van der Waals surface area contributed by atoms with Gasteiger partial charge in [-0.25, -0.2) is 4.98 Å². The monoisotopic (exact) mass is 242 g/mol. The minimum absolute atomic E-state index is 0.0215. The van der Waals surface area contributed by atoms with Crippen LogP contribution in [0.4, 0.5) is 11.5 Å². The fraction of sp³-hybridized carbons (Fsp3) is 0.286. The van der Waals surface area contributed by atoms with Gasteiger partial charge in [0.1, 0.15) is 0 Å². The molecule has 0 radical (unpaired) electrons. The van der Waals surface area contributed by atoms with Gasteiger partial charge in [0.2, 0.25) is 0 Å². The van der Waals surface area contributed by atoms with Crippen LogP contribution in [-0.4, -0.2) is 9.97 Å². The molecular weight excluding hydrogens is 224 g/mol. The van der Waals surface area contributed by atoms with Crippen molar-refractivity contribution in [2.75, 3.05) is 5.32 Å². The summed E-state index contributed by atoms with van der Waals surface area (Å²) >= 11 is 0. The van der Waals surface area contributed by atoms with Gasteiger partial charge in [0, 0.05) is 17.9 Å². The Morgan fingerprint density at radius 1 is 1.22 bits per heavy atom. The number of rotatable bonds is 3. The molecule has 1 aromatic carbocycles. The molecule has 1 heterocycles. The van der Waals surface area contributed by atoms with Crippen LogP contribution in [0.3, 0.4) is 0 Å². The first-order valence-electron chi connectivity index (χ1n) is 5.99. The molecule has 0 spiro atoms. The van der Waals surface area contributed by atoms with Crippen LogP contribution in [0, 0.1) is 13.8 Å². The summed E-state index contributed by atoms with van der Waals surface area (Å²) in [5.41, 5.74) is 9.78. The summed E-state index contributed by atoms with van der Waals surface area (Å²) in [6.45, 7) is 5.83. The van der Waals surface area contributed by atoms with Gasteiger partial charge < -0.3 is 11.1 Å². The van der Waals surface area contributed by atoms with Crippen LogP contribution in [0.15, 0.2) is 30.5 Å². The number of anilines is 2. The predicted molar refractivity (Wildman–Crippen MR) is 73.8 cm³/mol. The minimum atomic E-state index is -0.0215. The summed E-state index contributed by atoms with van der Waals surface area (Å²) in [7, 11) is 0. The average molecular weight is 242 g/mol. The molecule has 0 saturated heterocycles. The van der Waals surface area contributed by atoms with E-state index in [0.717, 1.165) is 28.5 Å². The zero-order chi connectivity index (χ0) is 13.1. The van der Waals surface area contributed by atoms with Crippen LogP contribution in [0.2, 0.25) is 0 Å². The number of para-hydroxylation sites is 1. The van der Waals surface area contributed by atoms with Gasteiger partial charge >= 0.3 is 0 Å². The fourth-order valence-corrected chi connectivity index (χ4v) is 1.79.